The maximum absolute atomic E-state index is 5.29. The molecule has 0 radical (unpaired) electrons. The topological polar surface area (TPSA) is 119 Å². The van der Waals surface area contributed by atoms with Gasteiger partial charge in [0.25, 0.3) is 0 Å². The zero-order valence-electron chi connectivity index (χ0n) is 15.9. The van der Waals surface area contributed by atoms with E-state index >= 15 is 0 Å². The van der Waals surface area contributed by atoms with Crippen molar-refractivity contribution in [1.82, 2.24) is 10.9 Å². The number of nitrogens with two attached hydrogens (primary N) is 2. The average molecular weight is 527 g/mol. The predicted octanol–water partition coefficient (Wildman–Crippen LogP) is 0.813. The standard InChI is InChI=1S/2C9H13N3OS.Pd/c2*1-13-8-5-3-2-4-7(8)6-11-12-9(10)14;/h2*2-6,9,12,14H,10H2,1H3;/q;;+2/p-2/b2*11-6-;. The number of para-hydroxylation sites is 2. The largest absolute Gasteiger partial charge is 2.00 e. The van der Waals surface area contributed by atoms with E-state index in [1.54, 1.807) is 26.6 Å². The Bertz CT molecular complexity index is 699. The summed E-state index contributed by atoms with van der Waals surface area (Å²) in [6, 6.07) is 15.1. The molecule has 0 aliphatic heterocycles. The molecule has 2 rings (SSSR count). The van der Waals surface area contributed by atoms with Crippen LogP contribution < -0.4 is 31.8 Å². The molecule has 2 unspecified atom stereocenters. The molecular formula is C18H24N6O2PdS2. The molecule has 0 spiro atoms. The summed E-state index contributed by atoms with van der Waals surface area (Å²) in [6.45, 7) is 0. The zero-order chi connectivity index (χ0) is 20.8. The third-order valence-electron chi connectivity index (χ3n) is 3.09. The van der Waals surface area contributed by atoms with Crippen LogP contribution in [0.15, 0.2) is 58.7 Å². The summed E-state index contributed by atoms with van der Waals surface area (Å²) in [4.78, 5) is 0. The molecule has 6 N–H and O–H groups in total. The molecule has 0 aromatic heterocycles. The quantitative estimate of drug-likeness (QED) is 0.131. The average Bonchev–Trinajstić information content (AvgIpc) is 2.68. The van der Waals surface area contributed by atoms with Crippen LogP contribution in [0.5, 0.6) is 11.5 Å². The fourth-order valence-electron chi connectivity index (χ4n) is 1.91. The maximum Gasteiger partial charge on any atom is 2.00 e. The number of hydrogen-bond donors (Lipinski definition) is 4. The first kappa shape index (κ1) is 27.3. The second-order valence-corrected chi connectivity index (χ2v) is 6.12. The van der Waals surface area contributed by atoms with Crippen LogP contribution in [0.1, 0.15) is 11.1 Å². The minimum atomic E-state index is -0.569. The smallest absolute Gasteiger partial charge is 0.751 e. The summed E-state index contributed by atoms with van der Waals surface area (Å²) < 4.78 is 10.3. The van der Waals surface area contributed by atoms with E-state index in [2.05, 4.69) is 46.3 Å². The minimum Gasteiger partial charge on any atom is -0.751 e. The zero-order valence-corrected chi connectivity index (χ0v) is 19.1. The summed E-state index contributed by atoms with van der Waals surface area (Å²) in [5, 5.41) is 7.73. The molecular weight excluding hydrogens is 503 g/mol. The van der Waals surface area contributed by atoms with Gasteiger partial charge >= 0.3 is 20.4 Å². The number of hydrazone groups is 2. The Kier molecular flexibility index (Phi) is 15.1. The molecule has 2 aromatic rings. The Morgan fingerprint density at radius 2 is 1.14 bits per heavy atom. The molecule has 0 aliphatic carbocycles. The number of hydrogen-bond acceptors (Lipinski definition) is 10. The first-order chi connectivity index (χ1) is 13.5. The van der Waals surface area contributed by atoms with E-state index in [9.17, 15) is 0 Å². The second-order valence-electron chi connectivity index (χ2n) is 5.10. The van der Waals surface area contributed by atoms with Gasteiger partial charge in [-0.15, -0.1) is 0 Å². The van der Waals surface area contributed by atoms with Gasteiger partial charge in [0.15, 0.2) is 0 Å². The molecule has 0 fully saturated rings. The molecule has 0 bridgehead atoms. The van der Waals surface area contributed by atoms with Crippen molar-refractivity contribution in [1.29, 1.82) is 0 Å². The molecule has 2 atom stereocenters. The monoisotopic (exact) mass is 526 g/mol. The molecule has 0 amide bonds. The fourth-order valence-corrected chi connectivity index (χ4v) is 2.03. The van der Waals surface area contributed by atoms with E-state index in [0.717, 1.165) is 22.6 Å². The van der Waals surface area contributed by atoms with Gasteiger partial charge in [0.1, 0.15) is 11.5 Å². The number of nitrogens with zero attached hydrogens (tertiary/aromatic N) is 2. The first-order valence-corrected chi connectivity index (χ1v) is 9.08. The van der Waals surface area contributed by atoms with Crippen molar-refractivity contribution in [3.63, 3.8) is 0 Å². The number of rotatable bonds is 8. The van der Waals surface area contributed by atoms with Crippen molar-refractivity contribution >= 4 is 37.7 Å². The Hall–Kier alpha value is -1.74. The normalized spacial score (nSPS) is 12.3. The van der Waals surface area contributed by atoms with Crippen molar-refractivity contribution in [3.05, 3.63) is 59.7 Å². The summed E-state index contributed by atoms with van der Waals surface area (Å²) in [7, 11) is 3.22. The molecule has 160 valence electrons. The van der Waals surface area contributed by atoms with Gasteiger partial charge in [0, 0.05) is 11.1 Å². The van der Waals surface area contributed by atoms with Gasteiger partial charge in [0.05, 0.1) is 26.6 Å². The number of methoxy groups -OCH3 is 2. The minimum absolute atomic E-state index is 0. The third-order valence-corrected chi connectivity index (χ3v) is 3.30. The summed E-state index contributed by atoms with van der Waals surface area (Å²) in [5.41, 5.74) is 16.3. The van der Waals surface area contributed by atoms with Gasteiger partial charge in [-0.3, -0.25) is 0 Å². The van der Waals surface area contributed by atoms with Crippen LogP contribution in [0, 0.1) is 0 Å². The Labute approximate surface area is 196 Å². The molecule has 8 nitrogen and oxygen atoms in total. The molecule has 2 aromatic carbocycles. The van der Waals surface area contributed by atoms with Crippen LogP contribution in [-0.2, 0) is 45.7 Å². The number of ether oxygens (including phenoxy) is 2. The summed E-state index contributed by atoms with van der Waals surface area (Å²) in [6.07, 6.45) is 3.23. The number of benzene rings is 2. The molecule has 0 heterocycles. The van der Waals surface area contributed by atoms with Crippen LogP contribution in [0.3, 0.4) is 0 Å². The van der Waals surface area contributed by atoms with E-state index in [4.69, 9.17) is 20.9 Å². The maximum atomic E-state index is 5.29. The Morgan fingerprint density at radius 3 is 1.45 bits per heavy atom. The molecule has 0 saturated carbocycles. The van der Waals surface area contributed by atoms with Crippen molar-refractivity contribution in [2.75, 3.05) is 14.2 Å². The van der Waals surface area contributed by atoms with E-state index in [1.165, 1.54) is 0 Å². The second kappa shape index (κ2) is 16.1. The van der Waals surface area contributed by atoms with Crippen LogP contribution in [0.4, 0.5) is 0 Å². The predicted molar refractivity (Wildman–Crippen MR) is 118 cm³/mol. The van der Waals surface area contributed by atoms with E-state index in [-0.39, 0.29) is 20.4 Å². The van der Waals surface area contributed by atoms with E-state index in [0.29, 0.717) is 0 Å². The van der Waals surface area contributed by atoms with Gasteiger partial charge in [-0.25, -0.2) is 0 Å². The van der Waals surface area contributed by atoms with Gasteiger partial charge in [0.2, 0.25) is 0 Å². The van der Waals surface area contributed by atoms with Crippen LogP contribution in [0.25, 0.3) is 0 Å². The molecule has 0 aliphatic rings. The summed E-state index contributed by atoms with van der Waals surface area (Å²) in [5.74, 6) is 1.52. The number of nitrogens with one attached hydrogen (secondary N) is 2. The van der Waals surface area contributed by atoms with Crippen molar-refractivity contribution < 1.29 is 29.9 Å². The van der Waals surface area contributed by atoms with Crippen molar-refractivity contribution in [3.8, 4) is 11.5 Å². The first-order valence-electron chi connectivity index (χ1n) is 8.14. The van der Waals surface area contributed by atoms with Gasteiger partial charge in [-0.1, -0.05) is 24.3 Å². The molecule has 0 saturated heterocycles. The Balaban J connectivity index is 0.000000523. The van der Waals surface area contributed by atoms with Gasteiger partial charge in [-0.05, 0) is 35.3 Å². The third kappa shape index (κ3) is 11.8. The SMILES string of the molecule is COc1ccccc1/C=N\NC(N)[S-].COc1ccccc1/C=N\NC(N)[S-].[Pd+2]. The van der Waals surface area contributed by atoms with Crippen LogP contribution >= 0.6 is 0 Å². The van der Waals surface area contributed by atoms with Gasteiger partial charge < -0.3 is 57.1 Å². The summed E-state index contributed by atoms with van der Waals surface area (Å²) >= 11 is 9.35. The van der Waals surface area contributed by atoms with Crippen LogP contribution in [0.2, 0.25) is 0 Å². The van der Waals surface area contributed by atoms with Crippen LogP contribution in [-0.4, -0.2) is 37.6 Å². The van der Waals surface area contributed by atoms with E-state index < -0.39 is 11.0 Å². The fraction of sp³-hybridized carbons (Fsp3) is 0.222. The molecule has 29 heavy (non-hydrogen) atoms. The van der Waals surface area contributed by atoms with Gasteiger partial charge in [-0.2, -0.15) is 10.2 Å². The van der Waals surface area contributed by atoms with Crippen molar-refractivity contribution in [2.24, 2.45) is 21.7 Å². The van der Waals surface area contributed by atoms with Crippen molar-refractivity contribution in [2.45, 2.75) is 11.0 Å². The Morgan fingerprint density at radius 1 is 0.793 bits per heavy atom. The van der Waals surface area contributed by atoms with E-state index in [1.807, 2.05) is 48.5 Å². The molecule has 11 heteroatoms.